The molecule has 0 spiro atoms. The molecule has 2 atom stereocenters. The van der Waals surface area contributed by atoms with Crippen LogP contribution in [-0.2, 0) is 4.79 Å². The van der Waals surface area contributed by atoms with Gasteiger partial charge in [-0.1, -0.05) is 0 Å². The molecule has 90 valence electrons. The van der Waals surface area contributed by atoms with Crippen molar-refractivity contribution in [1.82, 2.24) is 4.90 Å². The fourth-order valence-electron chi connectivity index (χ4n) is 2.81. The van der Waals surface area contributed by atoms with Crippen molar-refractivity contribution in [1.29, 1.82) is 5.26 Å². The van der Waals surface area contributed by atoms with Crippen LogP contribution >= 0.6 is 0 Å². The molecule has 0 aromatic heterocycles. The van der Waals surface area contributed by atoms with Crippen LogP contribution in [0.3, 0.4) is 0 Å². The fourth-order valence-corrected chi connectivity index (χ4v) is 2.81. The van der Waals surface area contributed by atoms with Gasteiger partial charge in [0.05, 0.1) is 0 Å². The number of nitrogens with zero attached hydrogens (tertiary/aromatic N) is 2. The highest BCUT2D eigenvalue weighted by Gasteiger charge is 2.42. The number of amides is 1. The zero-order chi connectivity index (χ0) is 12.6. The molecule has 2 bridgehead atoms. The monoisotopic (exact) mass is 236 g/mol. The second-order valence-corrected chi connectivity index (χ2v) is 4.38. The Morgan fingerprint density at radius 3 is 2.12 bits per heavy atom. The molecule has 0 saturated carbocycles. The van der Waals surface area contributed by atoms with Crippen LogP contribution in [-0.4, -0.2) is 39.3 Å². The van der Waals surface area contributed by atoms with Gasteiger partial charge in [0.25, 0.3) is 0 Å². The van der Waals surface area contributed by atoms with E-state index in [2.05, 4.69) is 0 Å². The van der Waals surface area contributed by atoms with Gasteiger partial charge in [0, 0.05) is 12.1 Å². The molecule has 2 fully saturated rings. The van der Waals surface area contributed by atoms with Crippen molar-refractivity contribution >= 4 is 12.1 Å². The number of carbonyl (C=O) groups is 2. The number of nitriles is 1. The number of rotatable bonds is 1. The Kier molecular flexibility index (Phi) is 2.76. The lowest BCUT2D eigenvalue weighted by Gasteiger charge is -2.33. The van der Waals surface area contributed by atoms with E-state index in [1.54, 1.807) is 6.07 Å². The summed E-state index contributed by atoms with van der Waals surface area (Å²) >= 11 is 0. The maximum atomic E-state index is 11.0. The molecular formula is C11H12N2O4. The van der Waals surface area contributed by atoms with E-state index < -0.39 is 12.1 Å². The van der Waals surface area contributed by atoms with Crippen molar-refractivity contribution in [2.24, 2.45) is 0 Å². The first-order chi connectivity index (χ1) is 8.04. The van der Waals surface area contributed by atoms with E-state index >= 15 is 0 Å². The van der Waals surface area contributed by atoms with Gasteiger partial charge in [-0.25, -0.2) is 9.59 Å². The van der Waals surface area contributed by atoms with Gasteiger partial charge in [0.1, 0.15) is 11.6 Å². The standard InChI is InChI=1S/C11H12N2O4/c12-5-9(10(14)15)6-3-7-1-2-8(4-6)13(7)11(16)17/h7-8H,1-4H2,(H,14,15)(H,16,17). The minimum Gasteiger partial charge on any atom is -0.477 e. The highest BCUT2D eigenvalue weighted by molar-refractivity contribution is 5.92. The smallest absolute Gasteiger partial charge is 0.407 e. The molecule has 2 rings (SSSR count). The lowest BCUT2D eigenvalue weighted by molar-refractivity contribution is -0.132. The zero-order valence-corrected chi connectivity index (χ0v) is 9.09. The maximum absolute atomic E-state index is 11.0. The highest BCUT2D eigenvalue weighted by Crippen LogP contribution is 2.39. The van der Waals surface area contributed by atoms with Gasteiger partial charge in [-0.3, -0.25) is 0 Å². The van der Waals surface area contributed by atoms with Crippen LogP contribution in [0.2, 0.25) is 0 Å². The number of hydrogen-bond donors (Lipinski definition) is 2. The third-order valence-corrected chi connectivity index (χ3v) is 3.48. The van der Waals surface area contributed by atoms with Crippen molar-refractivity contribution < 1.29 is 19.8 Å². The molecule has 0 aliphatic carbocycles. The summed E-state index contributed by atoms with van der Waals surface area (Å²) in [6.07, 6.45) is 1.29. The van der Waals surface area contributed by atoms with E-state index in [0.29, 0.717) is 18.4 Å². The summed E-state index contributed by atoms with van der Waals surface area (Å²) in [5, 5.41) is 26.7. The highest BCUT2D eigenvalue weighted by atomic mass is 16.4. The number of carboxylic acids is 1. The molecule has 2 saturated heterocycles. The Morgan fingerprint density at radius 1 is 1.24 bits per heavy atom. The Balaban J connectivity index is 2.29. The van der Waals surface area contributed by atoms with E-state index in [-0.39, 0.29) is 17.7 Å². The van der Waals surface area contributed by atoms with Crippen molar-refractivity contribution in [2.45, 2.75) is 37.8 Å². The van der Waals surface area contributed by atoms with Crippen LogP contribution in [0.4, 0.5) is 4.79 Å². The van der Waals surface area contributed by atoms with Crippen LogP contribution in [0.1, 0.15) is 25.7 Å². The van der Waals surface area contributed by atoms with E-state index in [1.807, 2.05) is 0 Å². The molecule has 6 heteroatoms. The van der Waals surface area contributed by atoms with Gasteiger partial charge >= 0.3 is 12.1 Å². The number of carboxylic acid groups (broad SMARTS) is 2. The van der Waals surface area contributed by atoms with E-state index in [4.69, 9.17) is 15.5 Å². The quantitative estimate of drug-likeness (QED) is 0.526. The second-order valence-electron chi connectivity index (χ2n) is 4.38. The third-order valence-electron chi connectivity index (χ3n) is 3.48. The molecule has 2 heterocycles. The van der Waals surface area contributed by atoms with Crippen LogP contribution < -0.4 is 0 Å². The molecule has 17 heavy (non-hydrogen) atoms. The summed E-state index contributed by atoms with van der Waals surface area (Å²) in [5.41, 5.74) is 0.372. The molecule has 6 nitrogen and oxygen atoms in total. The summed E-state index contributed by atoms with van der Waals surface area (Å²) in [4.78, 5) is 23.3. The van der Waals surface area contributed by atoms with E-state index in [0.717, 1.165) is 12.8 Å². The maximum Gasteiger partial charge on any atom is 0.407 e. The van der Waals surface area contributed by atoms with Crippen LogP contribution in [0, 0.1) is 11.3 Å². The van der Waals surface area contributed by atoms with Crippen molar-refractivity contribution in [2.75, 3.05) is 0 Å². The van der Waals surface area contributed by atoms with Gasteiger partial charge in [-0.2, -0.15) is 5.26 Å². The van der Waals surface area contributed by atoms with Gasteiger partial charge in [0.2, 0.25) is 0 Å². The summed E-state index contributed by atoms with van der Waals surface area (Å²) in [5.74, 6) is -1.22. The average Bonchev–Trinajstić information content (AvgIpc) is 2.51. The summed E-state index contributed by atoms with van der Waals surface area (Å²) in [6, 6.07) is 1.37. The minimum atomic E-state index is -1.22. The molecular weight excluding hydrogens is 224 g/mol. The lowest BCUT2D eigenvalue weighted by atomic mass is 9.93. The fraction of sp³-hybridized carbons (Fsp3) is 0.545. The molecule has 0 aromatic carbocycles. The Hall–Kier alpha value is -2.03. The molecule has 0 aromatic rings. The predicted molar refractivity (Wildman–Crippen MR) is 56.2 cm³/mol. The lowest BCUT2D eigenvalue weighted by Crippen LogP contribution is -2.44. The number of hydrogen-bond acceptors (Lipinski definition) is 3. The third kappa shape index (κ3) is 1.84. The molecule has 2 aliphatic rings. The molecule has 1 amide bonds. The molecule has 0 radical (unpaired) electrons. The number of piperidine rings is 1. The van der Waals surface area contributed by atoms with Gasteiger partial charge < -0.3 is 15.1 Å². The Bertz CT molecular complexity index is 433. The van der Waals surface area contributed by atoms with Gasteiger partial charge in [-0.15, -0.1) is 0 Å². The van der Waals surface area contributed by atoms with Crippen molar-refractivity contribution in [3.8, 4) is 6.07 Å². The van der Waals surface area contributed by atoms with E-state index in [1.165, 1.54) is 4.90 Å². The van der Waals surface area contributed by atoms with Gasteiger partial charge in [0.15, 0.2) is 0 Å². The normalized spacial score (nSPS) is 26.5. The topological polar surface area (TPSA) is 102 Å². The minimum absolute atomic E-state index is 0.163. The van der Waals surface area contributed by atoms with Crippen LogP contribution in [0.15, 0.2) is 11.1 Å². The van der Waals surface area contributed by atoms with Gasteiger partial charge in [-0.05, 0) is 31.3 Å². The largest absolute Gasteiger partial charge is 0.477 e. The first kappa shape index (κ1) is 11.5. The van der Waals surface area contributed by atoms with E-state index in [9.17, 15) is 9.59 Å². The summed E-state index contributed by atoms with van der Waals surface area (Å²) < 4.78 is 0. The second kappa shape index (κ2) is 4.09. The first-order valence-electron chi connectivity index (χ1n) is 5.41. The Labute approximate surface area is 97.8 Å². The SMILES string of the molecule is N#CC(C(=O)O)=C1CC2CCC(C1)N2C(=O)O. The van der Waals surface area contributed by atoms with Crippen LogP contribution in [0.25, 0.3) is 0 Å². The average molecular weight is 236 g/mol. The molecule has 2 unspecified atom stereocenters. The predicted octanol–water partition coefficient (Wildman–Crippen LogP) is 1.20. The Morgan fingerprint density at radius 2 is 1.76 bits per heavy atom. The molecule has 2 aliphatic heterocycles. The number of aliphatic carboxylic acids is 1. The summed E-state index contributed by atoms with van der Waals surface area (Å²) in [7, 11) is 0. The zero-order valence-electron chi connectivity index (χ0n) is 9.09. The summed E-state index contributed by atoms with van der Waals surface area (Å²) in [6.45, 7) is 0. The van der Waals surface area contributed by atoms with Crippen molar-refractivity contribution in [3.63, 3.8) is 0 Å². The first-order valence-corrected chi connectivity index (χ1v) is 5.41. The van der Waals surface area contributed by atoms with Crippen LogP contribution in [0.5, 0.6) is 0 Å². The van der Waals surface area contributed by atoms with Crippen molar-refractivity contribution in [3.05, 3.63) is 11.1 Å². The number of fused-ring (bicyclic) bond motifs is 2. The molecule has 2 N–H and O–H groups in total.